The van der Waals surface area contributed by atoms with Gasteiger partial charge in [-0.25, -0.2) is 0 Å². The highest BCUT2D eigenvalue weighted by Crippen LogP contribution is 2.23. The van der Waals surface area contributed by atoms with Gasteiger partial charge in [0.1, 0.15) is 24.4 Å². The first-order valence-corrected chi connectivity index (χ1v) is 6.47. The maximum atomic E-state index is 10.1. The van der Waals surface area contributed by atoms with Crippen LogP contribution in [-0.4, -0.2) is 59.7 Å². The lowest BCUT2D eigenvalue weighted by Gasteiger charge is -2.40. The molecular weight excluding hydrogens is 264 g/mol. The van der Waals surface area contributed by atoms with Crippen LogP contribution < -0.4 is 0 Å². The van der Waals surface area contributed by atoms with Crippen LogP contribution in [0.15, 0.2) is 30.3 Å². The Balaban J connectivity index is 1.99. The number of ether oxygens (including phenoxy) is 3. The van der Waals surface area contributed by atoms with Crippen molar-refractivity contribution in [3.8, 4) is 0 Å². The number of hydrogen-bond donors (Lipinski definition) is 3. The van der Waals surface area contributed by atoms with Crippen molar-refractivity contribution < 1.29 is 29.5 Å². The molecule has 1 fully saturated rings. The van der Waals surface area contributed by atoms with E-state index in [4.69, 9.17) is 14.2 Å². The van der Waals surface area contributed by atoms with Gasteiger partial charge in [-0.15, -0.1) is 0 Å². The summed E-state index contributed by atoms with van der Waals surface area (Å²) in [6.45, 7) is 0.336. The second-order valence-electron chi connectivity index (χ2n) is 4.76. The molecular formula is C14H20O6. The van der Waals surface area contributed by atoms with Crippen molar-refractivity contribution in [2.24, 2.45) is 0 Å². The highest BCUT2D eigenvalue weighted by atomic mass is 16.7. The first-order valence-electron chi connectivity index (χ1n) is 6.47. The zero-order chi connectivity index (χ0) is 14.5. The maximum absolute atomic E-state index is 10.1. The standard InChI is InChI=1S/C14H20O6/c1-18-8-10-11(15)13(12(16)14(17)20-10)19-7-9-5-3-2-4-6-9/h2-6,10-17H,7-8H2,1H3/t10-,11-,12-,13+,14+/m1/s1. The summed E-state index contributed by atoms with van der Waals surface area (Å²) >= 11 is 0. The minimum absolute atomic E-state index is 0.107. The van der Waals surface area contributed by atoms with Gasteiger partial charge in [0.05, 0.1) is 13.2 Å². The van der Waals surface area contributed by atoms with Gasteiger partial charge in [-0.05, 0) is 5.56 Å². The number of aliphatic hydroxyl groups is 3. The second kappa shape index (κ2) is 7.12. The van der Waals surface area contributed by atoms with E-state index in [-0.39, 0.29) is 13.2 Å². The molecule has 0 bridgehead atoms. The maximum Gasteiger partial charge on any atom is 0.184 e. The monoisotopic (exact) mass is 284 g/mol. The van der Waals surface area contributed by atoms with Crippen LogP contribution in [0.3, 0.4) is 0 Å². The summed E-state index contributed by atoms with van der Waals surface area (Å²) in [6, 6.07) is 9.39. The number of rotatable bonds is 5. The highest BCUT2D eigenvalue weighted by molar-refractivity contribution is 5.13. The summed E-state index contributed by atoms with van der Waals surface area (Å²) in [4.78, 5) is 0. The molecule has 0 radical (unpaired) electrons. The summed E-state index contributed by atoms with van der Waals surface area (Å²) in [7, 11) is 1.47. The molecule has 0 amide bonds. The number of methoxy groups -OCH3 is 1. The van der Waals surface area contributed by atoms with Crippen molar-refractivity contribution in [2.45, 2.75) is 37.3 Å². The van der Waals surface area contributed by atoms with Crippen LogP contribution in [-0.2, 0) is 20.8 Å². The summed E-state index contributed by atoms with van der Waals surface area (Å²) < 4.78 is 15.5. The van der Waals surface area contributed by atoms with Crippen LogP contribution in [0, 0.1) is 0 Å². The molecule has 1 aliphatic rings. The molecule has 1 aromatic rings. The Hall–Kier alpha value is -1.02. The lowest BCUT2D eigenvalue weighted by molar-refractivity contribution is -0.297. The van der Waals surface area contributed by atoms with Crippen LogP contribution in [0.25, 0.3) is 0 Å². The Kier molecular flexibility index (Phi) is 5.47. The van der Waals surface area contributed by atoms with E-state index >= 15 is 0 Å². The van der Waals surface area contributed by atoms with Gasteiger partial charge in [-0.1, -0.05) is 30.3 Å². The fourth-order valence-electron chi connectivity index (χ4n) is 2.18. The van der Waals surface area contributed by atoms with Gasteiger partial charge in [-0.3, -0.25) is 0 Å². The third kappa shape index (κ3) is 3.54. The molecule has 3 N–H and O–H groups in total. The molecule has 20 heavy (non-hydrogen) atoms. The Bertz CT molecular complexity index is 398. The lowest BCUT2D eigenvalue weighted by Crippen LogP contribution is -2.59. The molecule has 1 saturated heterocycles. The van der Waals surface area contributed by atoms with Crippen LogP contribution in [0.5, 0.6) is 0 Å². The highest BCUT2D eigenvalue weighted by Gasteiger charge is 2.44. The normalized spacial score (nSPS) is 34.1. The van der Waals surface area contributed by atoms with Gasteiger partial charge in [0.15, 0.2) is 6.29 Å². The minimum atomic E-state index is -1.40. The van der Waals surface area contributed by atoms with Crippen LogP contribution in [0.2, 0.25) is 0 Å². The molecule has 6 heteroatoms. The van der Waals surface area contributed by atoms with Gasteiger partial charge in [0, 0.05) is 7.11 Å². The van der Waals surface area contributed by atoms with Crippen LogP contribution in [0.1, 0.15) is 5.56 Å². The van der Waals surface area contributed by atoms with Crippen molar-refractivity contribution in [1.82, 2.24) is 0 Å². The van der Waals surface area contributed by atoms with E-state index in [1.807, 2.05) is 30.3 Å². The zero-order valence-corrected chi connectivity index (χ0v) is 11.3. The fourth-order valence-corrected chi connectivity index (χ4v) is 2.18. The molecule has 0 aliphatic carbocycles. The molecule has 2 rings (SSSR count). The SMILES string of the molecule is COC[C@H]1O[C@H](O)[C@H](O)[C@@H](OCc2ccccc2)[C@@H]1O. The van der Waals surface area contributed by atoms with E-state index in [1.54, 1.807) is 0 Å². The number of hydrogen-bond acceptors (Lipinski definition) is 6. The predicted molar refractivity (Wildman–Crippen MR) is 69.8 cm³/mol. The van der Waals surface area contributed by atoms with E-state index < -0.39 is 30.7 Å². The lowest BCUT2D eigenvalue weighted by atomic mass is 9.99. The Labute approximate surface area is 117 Å². The molecule has 0 aromatic heterocycles. The largest absolute Gasteiger partial charge is 0.387 e. The summed E-state index contributed by atoms with van der Waals surface area (Å²) in [5.41, 5.74) is 0.913. The van der Waals surface area contributed by atoms with Gasteiger partial charge in [0.25, 0.3) is 0 Å². The minimum Gasteiger partial charge on any atom is -0.387 e. The third-order valence-electron chi connectivity index (χ3n) is 3.28. The van der Waals surface area contributed by atoms with E-state index in [0.29, 0.717) is 0 Å². The topological polar surface area (TPSA) is 88.4 Å². The van der Waals surface area contributed by atoms with Crippen molar-refractivity contribution in [2.75, 3.05) is 13.7 Å². The molecule has 1 aliphatic heterocycles. The number of aliphatic hydroxyl groups excluding tert-OH is 3. The van der Waals surface area contributed by atoms with Crippen molar-refractivity contribution in [3.05, 3.63) is 35.9 Å². The van der Waals surface area contributed by atoms with Gasteiger partial charge >= 0.3 is 0 Å². The van der Waals surface area contributed by atoms with Crippen LogP contribution >= 0.6 is 0 Å². The molecule has 1 aromatic carbocycles. The molecule has 0 unspecified atom stereocenters. The fraction of sp³-hybridized carbons (Fsp3) is 0.571. The van der Waals surface area contributed by atoms with E-state index in [9.17, 15) is 15.3 Å². The summed E-state index contributed by atoms with van der Waals surface area (Å²) in [5, 5.41) is 29.6. The molecule has 6 nitrogen and oxygen atoms in total. The van der Waals surface area contributed by atoms with Gasteiger partial charge < -0.3 is 29.5 Å². The zero-order valence-electron chi connectivity index (χ0n) is 11.3. The first kappa shape index (κ1) is 15.4. The average Bonchev–Trinajstić information content (AvgIpc) is 2.46. The molecule has 112 valence electrons. The number of benzene rings is 1. The Morgan fingerprint density at radius 3 is 2.45 bits per heavy atom. The smallest absolute Gasteiger partial charge is 0.184 e. The first-order chi connectivity index (χ1) is 9.63. The summed E-state index contributed by atoms with van der Waals surface area (Å²) in [6.07, 6.45) is -5.45. The van der Waals surface area contributed by atoms with E-state index in [1.165, 1.54) is 7.11 Å². The molecule has 0 saturated carbocycles. The quantitative estimate of drug-likeness (QED) is 0.685. The van der Waals surface area contributed by atoms with Crippen LogP contribution in [0.4, 0.5) is 0 Å². The van der Waals surface area contributed by atoms with E-state index in [0.717, 1.165) is 5.56 Å². The van der Waals surface area contributed by atoms with E-state index in [2.05, 4.69) is 0 Å². The van der Waals surface area contributed by atoms with Gasteiger partial charge in [-0.2, -0.15) is 0 Å². The van der Waals surface area contributed by atoms with Gasteiger partial charge in [0.2, 0.25) is 0 Å². The van der Waals surface area contributed by atoms with Crippen molar-refractivity contribution >= 4 is 0 Å². The second-order valence-corrected chi connectivity index (χ2v) is 4.76. The Morgan fingerprint density at radius 2 is 1.80 bits per heavy atom. The Morgan fingerprint density at radius 1 is 1.10 bits per heavy atom. The summed E-state index contributed by atoms with van der Waals surface area (Å²) in [5.74, 6) is 0. The molecule has 0 spiro atoms. The van der Waals surface area contributed by atoms with Crippen molar-refractivity contribution in [3.63, 3.8) is 0 Å². The molecule has 1 heterocycles. The molecule has 5 atom stereocenters. The average molecular weight is 284 g/mol. The predicted octanol–water partition coefficient (Wildman–Crippen LogP) is -0.343. The van der Waals surface area contributed by atoms with Crippen molar-refractivity contribution in [1.29, 1.82) is 0 Å². The third-order valence-corrected chi connectivity index (χ3v) is 3.28.